The summed E-state index contributed by atoms with van der Waals surface area (Å²) >= 11 is 0. The summed E-state index contributed by atoms with van der Waals surface area (Å²) in [6.07, 6.45) is 0. The van der Waals surface area contributed by atoms with Crippen LogP contribution in [0.1, 0.15) is 35.6 Å². The summed E-state index contributed by atoms with van der Waals surface area (Å²) in [4.78, 5) is 0. The van der Waals surface area contributed by atoms with Crippen LogP contribution in [-0.4, -0.2) is 9.13 Å². The maximum Gasteiger partial charge on any atom is 0.160 e. The number of nitrogens with zero attached hydrogens (tertiary/aromatic N) is 2. The Balaban J connectivity index is 1.50. The van der Waals surface area contributed by atoms with Crippen LogP contribution in [-0.2, 0) is 0 Å². The molecule has 0 spiro atoms. The van der Waals surface area contributed by atoms with Crippen LogP contribution in [0.5, 0.6) is 0 Å². The fourth-order valence-electron chi connectivity index (χ4n) is 5.65. The summed E-state index contributed by atoms with van der Waals surface area (Å²) in [6.45, 7) is 0. The maximum atomic E-state index is 9.49. The average Bonchev–Trinajstić information content (AvgIpc) is 4.02. The Hall–Kier alpha value is -6.06. The van der Waals surface area contributed by atoms with Crippen LogP contribution >= 0.6 is 0 Å². The van der Waals surface area contributed by atoms with E-state index in [0.29, 0.717) is 0 Å². The molecule has 0 bridgehead atoms. The zero-order valence-corrected chi connectivity index (χ0v) is 22.3. The number of rotatable bonds is 3. The first-order chi connectivity index (χ1) is 33.2. The average molecular weight is 601 g/mol. The van der Waals surface area contributed by atoms with Gasteiger partial charge in [-0.25, -0.2) is 0 Å². The number of aromatic nitrogens is 2. The minimum absolute atomic E-state index is 0.413. The second-order valence-electron chi connectivity index (χ2n) is 9.77. The van der Waals surface area contributed by atoms with E-state index in [9.17, 15) is 11.0 Å². The third kappa shape index (κ3) is 3.41. The maximum absolute atomic E-state index is 9.49. The van der Waals surface area contributed by atoms with Gasteiger partial charge in [-0.05, 0) is 65.5 Å². The molecule has 0 N–H and O–H groups in total. The summed E-state index contributed by atoms with van der Waals surface area (Å²) in [7, 11) is 0. The summed E-state index contributed by atoms with van der Waals surface area (Å²) in [6, 6.07) is -22.4. The minimum atomic E-state index is -1.00. The standard InChI is InChI=1S/C42H26N2O/c1-3-11-27(12-4-1)28-19-21-30(22-20-28)44-36-17-9-7-15-31(36)32-23-24-34-33-25-26-38-39(41(33)45-42(34)40(32)44)35-16-8-10-18-37(35)43(38)29-13-5-2-6-14-29/h1-26H/i1D,2D,3D,4D,5D,6D,7D,8D,9D,10D,11D,12D,13D,14D,15D,16D,17D,18D,19D,20D,21D,22D,23D,24D,25D,26D. The Morgan fingerprint density at radius 2 is 0.933 bits per heavy atom. The first kappa shape index (κ1) is 10.3. The number of hydrogen-bond donors (Lipinski definition) is 0. The molecule has 45 heavy (non-hydrogen) atoms. The van der Waals surface area contributed by atoms with Crippen LogP contribution in [0, 0.1) is 0 Å². The molecule has 3 heterocycles. The number of furan rings is 1. The predicted molar refractivity (Wildman–Crippen MR) is 188 cm³/mol. The van der Waals surface area contributed by atoms with E-state index < -0.39 is 245 Å². The lowest BCUT2D eigenvalue weighted by Gasteiger charge is -2.09. The van der Waals surface area contributed by atoms with Crippen LogP contribution in [0.25, 0.3) is 88.1 Å². The molecule has 0 saturated carbocycles. The Labute approximate surface area is 295 Å². The third-order valence-corrected chi connectivity index (χ3v) is 7.47. The van der Waals surface area contributed by atoms with Crippen LogP contribution in [0.3, 0.4) is 0 Å². The second kappa shape index (κ2) is 9.22. The molecule has 0 radical (unpaired) electrons. The van der Waals surface area contributed by atoms with Gasteiger partial charge < -0.3 is 13.6 Å². The van der Waals surface area contributed by atoms with Crippen LogP contribution in [0.2, 0.25) is 0 Å². The van der Waals surface area contributed by atoms with Crippen molar-refractivity contribution < 1.29 is 40.1 Å². The monoisotopic (exact) mass is 600 g/mol. The molecule has 0 aliphatic rings. The van der Waals surface area contributed by atoms with Gasteiger partial charge in [-0.2, -0.15) is 0 Å². The molecule has 3 heteroatoms. The van der Waals surface area contributed by atoms with Crippen molar-refractivity contribution in [2.45, 2.75) is 0 Å². The number of benzene rings is 7. The van der Waals surface area contributed by atoms with Gasteiger partial charge in [0.2, 0.25) is 0 Å². The van der Waals surface area contributed by atoms with E-state index in [1.165, 1.54) is 0 Å². The van der Waals surface area contributed by atoms with Gasteiger partial charge in [-0.1, -0.05) is 103 Å². The van der Waals surface area contributed by atoms with Crippen molar-refractivity contribution in [2.24, 2.45) is 0 Å². The summed E-state index contributed by atoms with van der Waals surface area (Å²) in [5.74, 6) is 0. The highest BCUT2D eigenvalue weighted by molar-refractivity contribution is 6.27. The van der Waals surface area contributed by atoms with Gasteiger partial charge >= 0.3 is 0 Å². The van der Waals surface area contributed by atoms with Crippen molar-refractivity contribution in [2.75, 3.05) is 0 Å². The fourth-order valence-corrected chi connectivity index (χ4v) is 5.65. The number of fused-ring (bicyclic) bond motifs is 11. The summed E-state index contributed by atoms with van der Waals surface area (Å²) in [5.41, 5.74) is -6.18. The largest absolute Gasteiger partial charge is 0.453 e. The molecule has 0 saturated heterocycles. The Bertz CT molecular complexity index is 4160. The summed E-state index contributed by atoms with van der Waals surface area (Å²) in [5, 5.41) is -2.77. The van der Waals surface area contributed by atoms with E-state index in [1.807, 2.05) is 0 Å². The minimum Gasteiger partial charge on any atom is -0.453 e. The highest BCUT2D eigenvalue weighted by Crippen LogP contribution is 2.44. The first-order valence-electron chi connectivity index (χ1n) is 26.2. The van der Waals surface area contributed by atoms with Crippen molar-refractivity contribution in [1.82, 2.24) is 9.13 Å². The Morgan fingerprint density at radius 3 is 1.71 bits per heavy atom. The quantitative estimate of drug-likeness (QED) is 0.198. The van der Waals surface area contributed by atoms with Crippen LogP contribution < -0.4 is 0 Å². The molecular formula is C42H26N2O. The zero-order chi connectivity index (χ0) is 52.1. The number of hydrogen-bond acceptors (Lipinski definition) is 1. The van der Waals surface area contributed by atoms with Crippen molar-refractivity contribution in [3.63, 3.8) is 0 Å². The van der Waals surface area contributed by atoms with Crippen LogP contribution in [0.4, 0.5) is 0 Å². The lowest BCUT2D eigenvalue weighted by Crippen LogP contribution is -1.94. The molecule has 7 aromatic carbocycles. The smallest absolute Gasteiger partial charge is 0.160 e. The number of para-hydroxylation sites is 3. The highest BCUT2D eigenvalue weighted by atomic mass is 16.3. The zero-order valence-electron chi connectivity index (χ0n) is 48.3. The SMILES string of the molecule is [2H]c1c([2H])c([2H])c(-c2c([2H])c([2H])c(-n3c4c([2H])c([2H])c([2H])c([2H])c4c4c([2H])c([2H])c5c(oc6c5c([2H])c([2H])c5c6c6c([2H])c([2H])c([2H])c([2H])c6n5-c5c([2H])c([2H])c([2H])c([2H])c5[2H])c43)c([2H])c2[2H])c([2H])c1[2H]. The lowest BCUT2D eigenvalue weighted by atomic mass is 10.1. The van der Waals surface area contributed by atoms with Gasteiger partial charge in [0.25, 0.3) is 0 Å². The van der Waals surface area contributed by atoms with E-state index >= 15 is 0 Å². The first-order valence-corrected chi connectivity index (χ1v) is 13.2. The van der Waals surface area contributed by atoms with Gasteiger partial charge in [0.15, 0.2) is 5.58 Å². The molecule has 0 unspecified atom stereocenters. The highest BCUT2D eigenvalue weighted by Gasteiger charge is 2.22. The predicted octanol–water partition coefficient (Wildman–Crippen LogP) is 11.4. The molecule has 210 valence electrons. The fraction of sp³-hybridized carbons (Fsp3) is 0. The van der Waals surface area contributed by atoms with E-state index in [4.69, 9.17) is 29.1 Å². The molecule has 0 aliphatic carbocycles. The van der Waals surface area contributed by atoms with Gasteiger partial charge in [-0.15, -0.1) is 0 Å². The van der Waals surface area contributed by atoms with Gasteiger partial charge in [-0.3, -0.25) is 0 Å². The van der Waals surface area contributed by atoms with E-state index in [-0.39, 0.29) is 0 Å². The van der Waals surface area contributed by atoms with E-state index in [2.05, 4.69) is 0 Å². The normalized spacial score (nSPS) is 20.1. The molecular weight excluding hydrogens is 548 g/mol. The molecule has 3 nitrogen and oxygen atoms in total. The van der Waals surface area contributed by atoms with E-state index in [1.54, 1.807) is 0 Å². The Kier molecular flexibility index (Phi) is 2.10. The van der Waals surface area contributed by atoms with Crippen molar-refractivity contribution in [3.05, 3.63) is 157 Å². The molecule has 10 aromatic rings. The topological polar surface area (TPSA) is 23.0 Å². The molecule has 0 fully saturated rings. The molecule has 0 amide bonds. The molecule has 0 atom stereocenters. The van der Waals surface area contributed by atoms with Crippen LogP contribution in [0.15, 0.2) is 162 Å². The molecule has 0 aliphatic heterocycles. The molecule has 10 rings (SSSR count). The van der Waals surface area contributed by atoms with E-state index in [0.717, 1.165) is 9.13 Å². The van der Waals surface area contributed by atoms with Crippen molar-refractivity contribution in [3.8, 4) is 22.5 Å². The summed E-state index contributed by atoms with van der Waals surface area (Å²) < 4.78 is 239. The van der Waals surface area contributed by atoms with Gasteiger partial charge in [0, 0.05) is 38.3 Å². The lowest BCUT2D eigenvalue weighted by molar-refractivity contribution is 0.675. The Morgan fingerprint density at radius 1 is 0.378 bits per heavy atom. The van der Waals surface area contributed by atoms with Crippen molar-refractivity contribution >= 4 is 65.6 Å². The van der Waals surface area contributed by atoms with Gasteiger partial charge in [0.1, 0.15) is 5.58 Å². The van der Waals surface area contributed by atoms with Crippen molar-refractivity contribution in [1.29, 1.82) is 0 Å². The molecule has 3 aromatic heterocycles. The van der Waals surface area contributed by atoms with Gasteiger partial charge in [0.05, 0.1) is 63.1 Å². The third-order valence-electron chi connectivity index (χ3n) is 7.47. The second-order valence-corrected chi connectivity index (χ2v) is 9.77.